The number of pyridine rings is 1. The normalized spacial score (nSPS) is 22.5. The standard InChI is InChI=1S/C22H25F3N2O4/c1-11-16(14-7-8-15(20(24)25)17(23)18(14)30-4)19(31-22(11,2)3)21(29)27-12-5-6-13(10-28)26-9-12/h5-9,11,16,19-20,28H,10H2,1-4H3,(H,27,29)/t11-,16-,19+/m0/s1. The van der Waals surface area contributed by atoms with E-state index in [1.165, 1.54) is 19.4 Å². The number of benzene rings is 1. The van der Waals surface area contributed by atoms with Crippen LogP contribution >= 0.6 is 0 Å². The van der Waals surface area contributed by atoms with E-state index >= 15 is 0 Å². The van der Waals surface area contributed by atoms with Crippen LogP contribution in [-0.4, -0.2) is 34.8 Å². The summed E-state index contributed by atoms with van der Waals surface area (Å²) >= 11 is 0. The lowest BCUT2D eigenvalue weighted by molar-refractivity contribution is -0.131. The molecule has 1 aromatic carbocycles. The Kier molecular flexibility index (Phi) is 6.56. The average molecular weight is 438 g/mol. The topological polar surface area (TPSA) is 80.7 Å². The highest BCUT2D eigenvalue weighted by Crippen LogP contribution is 2.49. The fourth-order valence-electron chi connectivity index (χ4n) is 3.88. The molecule has 1 fully saturated rings. The monoisotopic (exact) mass is 438 g/mol. The second-order valence-corrected chi connectivity index (χ2v) is 8.03. The van der Waals surface area contributed by atoms with E-state index in [0.717, 1.165) is 6.07 Å². The molecular formula is C22H25F3N2O4. The predicted octanol–water partition coefficient (Wildman–Crippen LogP) is 4.20. The molecule has 0 radical (unpaired) electrons. The SMILES string of the molecule is COc1c([C@H]2[C@H](C(=O)Nc3ccc(CO)nc3)OC(C)(C)[C@H]2C)ccc(C(F)F)c1F. The highest BCUT2D eigenvalue weighted by Gasteiger charge is 2.51. The lowest BCUT2D eigenvalue weighted by atomic mass is 9.77. The number of aliphatic hydroxyl groups is 1. The van der Waals surface area contributed by atoms with Crippen molar-refractivity contribution in [3.05, 3.63) is 53.1 Å². The maximum absolute atomic E-state index is 14.7. The molecule has 1 aliphatic rings. The van der Waals surface area contributed by atoms with E-state index in [1.807, 2.05) is 20.8 Å². The van der Waals surface area contributed by atoms with Gasteiger partial charge in [0.15, 0.2) is 11.6 Å². The Labute approximate surface area is 178 Å². The minimum atomic E-state index is -3.00. The Morgan fingerprint density at radius 1 is 1.32 bits per heavy atom. The molecule has 0 aliphatic carbocycles. The van der Waals surface area contributed by atoms with E-state index in [1.54, 1.807) is 12.1 Å². The van der Waals surface area contributed by atoms with Crippen LogP contribution in [0.4, 0.5) is 18.9 Å². The summed E-state index contributed by atoms with van der Waals surface area (Å²) in [4.78, 5) is 17.1. The summed E-state index contributed by atoms with van der Waals surface area (Å²) in [6.07, 6.45) is -2.61. The van der Waals surface area contributed by atoms with Crippen LogP contribution in [0.3, 0.4) is 0 Å². The number of nitrogens with zero attached hydrogens (tertiary/aromatic N) is 1. The molecule has 0 bridgehead atoms. The molecule has 9 heteroatoms. The van der Waals surface area contributed by atoms with Gasteiger partial charge in [-0.3, -0.25) is 9.78 Å². The van der Waals surface area contributed by atoms with Gasteiger partial charge in [0.25, 0.3) is 12.3 Å². The molecule has 3 rings (SSSR count). The molecule has 6 nitrogen and oxygen atoms in total. The van der Waals surface area contributed by atoms with Gasteiger partial charge >= 0.3 is 0 Å². The smallest absolute Gasteiger partial charge is 0.266 e. The Morgan fingerprint density at radius 2 is 2.03 bits per heavy atom. The van der Waals surface area contributed by atoms with Crippen molar-refractivity contribution in [3.63, 3.8) is 0 Å². The molecule has 3 atom stereocenters. The number of hydrogen-bond acceptors (Lipinski definition) is 5. The Morgan fingerprint density at radius 3 is 2.58 bits per heavy atom. The minimum absolute atomic E-state index is 0.228. The number of carbonyl (C=O) groups is 1. The zero-order chi connectivity index (χ0) is 22.9. The molecular weight excluding hydrogens is 413 g/mol. The highest BCUT2D eigenvalue weighted by atomic mass is 19.3. The van der Waals surface area contributed by atoms with Crippen LogP contribution in [0.25, 0.3) is 0 Å². The number of methoxy groups -OCH3 is 1. The Balaban J connectivity index is 1.98. The molecule has 1 aliphatic heterocycles. The fraction of sp³-hybridized carbons (Fsp3) is 0.455. The van der Waals surface area contributed by atoms with Gasteiger partial charge in [0.1, 0.15) is 6.10 Å². The van der Waals surface area contributed by atoms with Crippen molar-refractivity contribution in [2.75, 3.05) is 12.4 Å². The van der Waals surface area contributed by atoms with Gasteiger partial charge in [-0.2, -0.15) is 0 Å². The third-order valence-corrected chi connectivity index (χ3v) is 5.86. The quantitative estimate of drug-likeness (QED) is 0.707. The van der Waals surface area contributed by atoms with Crippen molar-refractivity contribution < 1.29 is 32.5 Å². The molecule has 168 valence electrons. The summed E-state index contributed by atoms with van der Waals surface area (Å²) in [5.74, 6) is -2.85. The predicted molar refractivity (Wildman–Crippen MR) is 108 cm³/mol. The summed E-state index contributed by atoms with van der Waals surface area (Å²) in [6, 6.07) is 5.54. The van der Waals surface area contributed by atoms with E-state index in [0.29, 0.717) is 11.4 Å². The van der Waals surface area contributed by atoms with Gasteiger partial charge < -0.3 is 19.9 Å². The van der Waals surface area contributed by atoms with Crippen LogP contribution in [0.5, 0.6) is 5.75 Å². The van der Waals surface area contributed by atoms with Gasteiger partial charge in [-0.05, 0) is 38.0 Å². The molecule has 1 amide bonds. The average Bonchev–Trinajstić information content (AvgIpc) is 2.97. The number of ether oxygens (including phenoxy) is 2. The zero-order valence-corrected chi connectivity index (χ0v) is 17.7. The Bertz CT molecular complexity index is 951. The van der Waals surface area contributed by atoms with E-state index in [-0.39, 0.29) is 23.8 Å². The van der Waals surface area contributed by atoms with Gasteiger partial charge in [-0.25, -0.2) is 13.2 Å². The number of amides is 1. The summed E-state index contributed by atoms with van der Waals surface area (Å²) in [5, 5.41) is 11.8. The van der Waals surface area contributed by atoms with Gasteiger partial charge in [0.05, 0.1) is 42.5 Å². The fourth-order valence-corrected chi connectivity index (χ4v) is 3.88. The van der Waals surface area contributed by atoms with Crippen molar-refractivity contribution in [3.8, 4) is 5.75 Å². The van der Waals surface area contributed by atoms with Crippen molar-refractivity contribution in [1.29, 1.82) is 0 Å². The third-order valence-electron chi connectivity index (χ3n) is 5.86. The molecule has 0 spiro atoms. The number of rotatable bonds is 6. The number of aliphatic hydroxyl groups excluding tert-OH is 1. The van der Waals surface area contributed by atoms with Gasteiger partial charge in [-0.15, -0.1) is 0 Å². The first-order chi connectivity index (χ1) is 14.6. The second-order valence-electron chi connectivity index (χ2n) is 8.03. The highest BCUT2D eigenvalue weighted by molar-refractivity contribution is 5.95. The van der Waals surface area contributed by atoms with Crippen LogP contribution in [-0.2, 0) is 16.1 Å². The lowest BCUT2D eigenvalue weighted by Crippen LogP contribution is -2.33. The van der Waals surface area contributed by atoms with E-state index in [9.17, 15) is 18.0 Å². The number of aromatic nitrogens is 1. The van der Waals surface area contributed by atoms with Crippen LogP contribution < -0.4 is 10.1 Å². The summed E-state index contributed by atoms with van der Waals surface area (Å²) in [7, 11) is 1.20. The zero-order valence-electron chi connectivity index (χ0n) is 17.7. The lowest BCUT2D eigenvalue weighted by Gasteiger charge is -2.26. The summed E-state index contributed by atoms with van der Waals surface area (Å²) in [5.41, 5.74) is -0.372. The number of carbonyl (C=O) groups excluding carboxylic acids is 1. The molecule has 0 saturated carbocycles. The van der Waals surface area contributed by atoms with Crippen LogP contribution in [0.1, 0.15) is 49.9 Å². The van der Waals surface area contributed by atoms with Crippen molar-refractivity contribution in [2.24, 2.45) is 5.92 Å². The minimum Gasteiger partial charge on any atom is -0.493 e. The number of alkyl halides is 2. The van der Waals surface area contributed by atoms with Gasteiger partial charge in [0, 0.05) is 11.5 Å². The van der Waals surface area contributed by atoms with Crippen molar-refractivity contribution in [2.45, 2.75) is 51.4 Å². The number of nitrogens with one attached hydrogen (secondary N) is 1. The van der Waals surface area contributed by atoms with Crippen LogP contribution in [0.15, 0.2) is 30.5 Å². The van der Waals surface area contributed by atoms with E-state index in [2.05, 4.69) is 10.3 Å². The second kappa shape index (κ2) is 8.84. The van der Waals surface area contributed by atoms with Gasteiger partial charge in [-0.1, -0.05) is 13.0 Å². The maximum Gasteiger partial charge on any atom is 0.266 e. The molecule has 2 aromatic rings. The molecule has 2 heterocycles. The van der Waals surface area contributed by atoms with E-state index in [4.69, 9.17) is 14.6 Å². The Hall–Kier alpha value is -2.65. The van der Waals surface area contributed by atoms with E-state index < -0.39 is 41.3 Å². The largest absolute Gasteiger partial charge is 0.493 e. The number of anilines is 1. The van der Waals surface area contributed by atoms with Crippen molar-refractivity contribution in [1.82, 2.24) is 4.98 Å². The van der Waals surface area contributed by atoms with Gasteiger partial charge in [0.2, 0.25) is 0 Å². The van der Waals surface area contributed by atoms with Crippen LogP contribution in [0.2, 0.25) is 0 Å². The first-order valence-electron chi connectivity index (χ1n) is 9.79. The van der Waals surface area contributed by atoms with Crippen LogP contribution in [0, 0.1) is 11.7 Å². The summed E-state index contributed by atoms with van der Waals surface area (Å²) < 4.78 is 52.2. The first-order valence-corrected chi connectivity index (χ1v) is 9.79. The maximum atomic E-state index is 14.7. The molecule has 0 unspecified atom stereocenters. The molecule has 31 heavy (non-hydrogen) atoms. The first kappa shape index (κ1) is 23.0. The third kappa shape index (κ3) is 4.38. The number of hydrogen-bond donors (Lipinski definition) is 2. The molecule has 2 N–H and O–H groups in total. The molecule has 1 saturated heterocycles. The van der Waals surface area contributed by atoms with Crippen molar-refractivity contribution >= 4 is 11.6 Å². The number of halogens is 3. The molecule has 1 aromatic heterocycles. The summed E-state index contributed by atoms with van der Waals surface area (Å²) in [6.45, 7) is 5.25.